The molecule has 0 radical (unpaired) electrons. The Morgan fingerprint density at radius 2 is 2.38 bits per heavy atom. The van der Waals surface area contributed by atoms with Crippen LogP contribution in [0, 0.1) is 0 Å². The average Bonchev–Trinajstić information content (AvgIpc) is 2.63. The minimum Gasteiger partial charge on any atom is -0.493 e. The Morgan fingerprint density at radius 3 is 3.15 bits per heavy atom. The highest BCUT2D eigenvalue weighted by Gasteiger charge is 2.14. The Balaban J connectivity index is 2.30. The molecule has 1 unspecified atom stereocenters. The highest BCUT2D eigenvalue weighted by atomic mass is 16.5. The van der Waals surface area contributed by atoms with Crippen LogP contribution in [0.2, 0.25) is 0 Å². The fraction of sp³-hybridized carbons (Fsp3) is 0.400. The van der Waals surface area contributed by atoms with E-state index in [1.54, 1.807) is 0 Å². The second-order valence-corrected chi connectivity index (χ2v) is 3.22. The van der Waals surface area contributed by atoms with E-state index in [2.05, 4.69) is 0 Å². The van der Waals surface area contributed by atoms with Crippen molar-refractivity contribution in [2.75, 3.05) is 13.2 Å². The quantitative estimate of drug-likeness (QED) is 0.699. The fourth-order valence-corrected chi connectivity index (χ4v) is 1.53. The highest BCUT2D eigenvalue weighted by molar-refractivity contribution is 5.40. The number of hydrogen-bond acceptors (Lipinski definition) is 3. The molecule has 0 amide bonds. The van der Waals surface area contributed by atoms with E-state index in [9.17, 15) is 5.11 Å². The maximum Gasteiger partial charge on any atom is 0.122 e. The lowest BCUT2D eigenvalue weighted by molar-refractivity contribution is 0.186. The predicted octanol–water partition coefficient (Wildman–Crippen LogP) is 0.614. The van der Waals surface area contributed by atoms with Gasteiger partial charge >= 0.3 is 0 Å². The van der Waals surface area contributed by atoms with Crippen LogP contribution >= 0.6 is 0 Å². The molecule has 0 saturated heterocycles. The van der Waals surface area contributed by atoms with Crippen LogP contribution in [0.4, 0.5) is 0 Å². The summed E-state index contributed by atoms with van der Waals surface area (Å²) >= 11 is 0. The van der Waals surface area contributed by atoms with Crippen LogP contribution in [0.25, 0.3) is 0 Å². The topological polar surface area (TPSA) is 55.5 Å². The summed E-state index contributed by atoms with van der Waals surface area (Å²) in [6, 6.07) is 5.78. The van der Waals surface area contributed by atoms with Gasteiger partial charge in [0.1, 0.15) is 5.75 Å². The van der Waals surface area contributed by atoms with Crippen LogP contribution in [0.1, 0.15) is 17.2 Å². The van der Waals surface area contributed by atoms with Gasteiger partial charge in [-0.25, -0.2) is 0 Å². The predicted molar refractivity (Wildman–Crippen MR) is 49.7 cm³/mol. The number of rotatable bonds is 2. The molecule has 1 atom stereocenters. The number of aliphatic hydroxyl groups excluding tert-OH is 1. The molecule has 0 aromatic heterocycles. The number of aliphatic hydroxyl groups is 1. The Bertz CT molecular complexity index is 312. The van der Waals surface area contributed by atoms with E-state index in [0.717, 1.165) is 24.3 Å². The second kappa shape index (κ2) is 3.36. The van der Waals surface area contributed by atoms with Crippen molar-refractivity contribution < 1.29 is 9.84 Å². The van der Waals surface area contributed by atoms with Crippen LogP contribution in [-0.2, 0) is 6.42 Å². The van der Waals surface area contributed by atoms with Crippen molar-refractivity contribution in [3.63, 3.8) is 0 Å². The van der Waals surface area contributed by atoms with Gasteiger partial charge in [-0.15, -0.1) is 0 Å². The summed E-state index contributed by atoms with van der Waals surface area (Å²) in [5.74, 6) is 0.894. The smallest absolute Gasteiger partial charge is 0.122 e. The molecular formula is C10H13NO2. The molecule has 1 heterocycles. The average molecular weight is 179 g/mol. The van der Waals surface area contributed by atoms with Crippen LogP contribution < -0.4 is 10.5 Å². The largest absolute Gasteiger partial charge is 0.493 e. The van der Waals surface area contributed by atoms with E-state index in [1.807, 2.05) is 18.2 Å². The van der Waals surface area contributed by atoms with E-state index in [4.69, 9.17) is 10.5 Å². The van der Waals surface area contributed by atoms with Crippen molar-refractivity contribution in [1.29, 1.82) is 0 Å². The maximum atomic E-state index is 9.48. The van der Waals surface area contributed by atoms with Gasteiger partial charge in [-0.3, -0.25) is 0 Å². The second-order valence-electron chi connectivity index (χ2n) is 3.22. The number of ether oxygens (including phenoxy) is 1. The molecule has 2 rings (SSSR count). The monoisotopic (exact) mass is 179 g/mol. The molecule has 0 fully saturated rings. The fourth-order valence-electron chi connectivity index (χ4n) is 1.53. The molecule has 0 bridgehead atoms. The van der Waals surface area contributed by atoms with Crippen LogP contribution in [-0.4, -0.2) is 18.3 Å². The molecular weight excluding hydrogens is 166 g/mol. The number of hydrogen-bond donors (Lipinski definition) is 2. The summed E-state index contributed by atoms with van der Waals surface area (Å²) in [6.07, 6.45) is 0.392. The van der Waals surface area contributed by atoms with E-state index >= 15 is 0 Å². The standard InChI is InChI=1S/C10H13NO2/c11-6-9(12)8-2-1-7-3-4-13-10(7)5-8/h1-2,5,9,12H,3-4,6,11H2. The van der Waals surface area contributed by atoms with Gasteiger partial charge in [0, 0.05) is 13.0 Å². The third kappa shape index (κ3) is 1.53. The molecule has 1 aliphatic rings. The van der Waals surface area contributed by atoms with Gasteiger partial charge in [-0.1, -0.05) is 12.1 Å². The summed E-state index contributed by atoms with van der Waals surface area (Å²) in [5.41, 5.74) is 7.41. The summed E-state index contributed by atoms with van der Waals surface area (Å²) < 4.78 is 5.38. The third-order valence-corrected chi connectivity index (χ3v) is 2.33. The zero-order chi connectivity index (χ0) is 9.26. The van der Waals surface area contributed by atoms with E-state index in [-0.39, 0.29) is 6.54 Å². The molecule has 70 valence electrons. The third-order valence-electron chi connectivity index (χ3n) is 2.33. The SMILES string of the molecule is NCC(O)c1ccc2c(c1)OCC2. The van der Waals surface area contributed by atoms with Crippen molar-refractivity contribution in [3.8, 4) is 5.75 Å². The summed E-state index contributed by atoms with van der Waals surface area (Å²) in [7, 11) is 0. The van der Waals surface area contributed by atoms with Crippen LogP contribution in [0.15, 0.2) is 18.2 Å². The lowest BCUT2D eigenvalue weighted by Gasteiger charge is -2.09. The molecule has 1 aliphatic heterocycles. The van der Waals surface area contributed by atoms with Crippen LogP contribution in [0.5, 0.6) is 5.75 Å². The first kappa shape index (κ1) is 8.53. The van der Waals surface area contributed by atoms with Gasteiger partial charge in [0.05, 0.1) is 12.7 Å². The lowest BCUT2D eigenvalue weighted by Crippen LogP contribution is -2.11. The Hall–Kier alpha value is -1.06. The first-order chi connectivity index (χ1) is 6.31. The minimum absolute atomic E-state index is 0.249. The number of fused-ring (bicyclic) bond motifs is 1. The van der Waals surface area contributed by atoms with Gasteiger partial charge in [-0.2, -0.15) is 0 Å². The molecule has 1 aromatic rings. The maximum absolute atomic E-state index is 9.48. The molecule has 0 aliphatic carbocycles. The Labute approximate surface area is 77.1 Å². The molecule has 0 spiro atoms. The number of nitrogens with two attached hydrogens (primary N) is 1. The molecule has 1 aromatic carbocycles. The summed E-state index contributed by atoms with van der Waals surface area (Å²) in [5, 5.41) is 9.48. The Morgan fingerprint density at radius 1 is 1.54 bits per heavy atom. The van der Waals surface area contributed by atoms with Gasteiger partial charge < -0.3 is 15.6 Å². The zero-order valence-electron chi connectivity index (χ0n) is 7.36. The zero-order valence-corrected chi connectivity index (χ0v) is 7.36. The first-order valence-electron chi connectivity index (χ1n) is 4.45. The minimum atomic E-state index is -0.575. The first-order valence-corrected chi connectivity index (χ1v) is 4.45. The van der Waals surface area contributed by atoms with Gasteiger partial charge in [0.25, 0.3) is 0 Å². The number of benzene rings is 1. The van der Waals surface area contributed by atoms with Gasteiger partial charge in [0.2, 0.25) is 0 Å². The van der Waals surface area contributed by atoms with Gasteiger partial charge in [-0.05, 0) is 17.2 Å². The molecule has 3 nitrogen and oxygen atoms in total. The van der Waals surface area contributed by atoms with Gasteiger partial charge in [0.15, 0.2) is 0 Å². The normalized spacial score (nSPS) is 16.5. The summed E-state index contributed by atoms with van der Waals surface area (Å²) in [6.45, 7) is 0.996. The van der Waals surface area contributed by atoms with Crippen molar-refractivity contribution in [3.05, 3.63) is 29.3 Å². The molecule has 13 heavy (non-hydrogen) atoms. The van der Waals surface area contributed by atoms with E-state index < -0.39 is 6.10 Å². The highest BCUT2D eigenvalue weighted by Crippen LogP contribution is 2.28. The molecule has 3 heteroatoms. The van der Waals surface area contributed by atoms with Crippen LogP contribution in [0.3, 0.4) is 0 Å². The Kier molecular flexibility index (Phi) is 2.20. The molecule has 3 N–H and O–H groups in total. The van der Waals surface area contributed by atoms with E-state index in [0.29, 0.717) is 0 Å². The van der Waals surface area contributed by atoms with Crippen molar-refractivity contribution in [1.82, 2.24) is 0 Å². The molecule has 0 saturated carbocycles. The van der Waals surface area contributed by atoms with Crippen molar-refractivity contribution in [2.45, 2.75) is 12.5 Å². The summed E-state index contributed by atoms with van der Waals surface area (Å²) in [4.78, 5) is 0. The lowest BCUT2D eigenvalue weighted by atomic mass is 10.1. The van der Waals surface area contributed by atoms with Crippen molar-refractivity contribution >= 4 is 0 Å². The van der Waals surface area contributed by atoms with E-state index in [1.165, 1.54) is 5.56 Å². The van der Waals surface area contributed by atoms with Crippen molar-refractivity contribution in [2.24, 2.45) is 5.73 Å².